The maximum absolute atomic E-state index is 5.99. The summed E-state index contributed by atoms with van der Waals surface area (Å²) in [7, 11) is 1.80. The molecule has 21 heavy (non-hydrogen) atoms. The van der Waals surface area contributed by atoms with Gasteiger partial charge in [-0.3, -0.25) is 4.90 Å². The smallest absolute Gasteiger partial charge is 0.0599 e. The van der Waals surface area contributed by atoms with Crippen LogP contribution in [0.15, 0.2) is 24.3 Å². The number of likely N-dealkylation sites (tertiary alicyclic amines) is 1. The first-order valence-electron chi connectivity index (χ1n) is 7.76. The second-order valence-electron chi connectivity index (χ2n) is 6.02. The van der Waals surface area contributed by atoms with Gasteiger partial charge in [0, 0.05) is 49.4 Å². The minimum absolute atomic E-state index is 0.360. The van der Waals surface area contributed by atoms with Crippen LogP contribution in [0.4, 0.5) is 0 Å². The van der Waals surface area contributed by atoms with Crippen molar-refractivity contribution < 1.29 is 4.74 Å². The average molecular weight is 287 g/mol. The minimum Gasteiger partial charge on any atom is -0.381 e. The first-order valence-corrected chi connectivity index (χ1v) is 7.76. The Morgan fingerprint density at radius 1 is 1.38 bits per heavy atom. The number of nitrogens with two attached hydrogens (primary N) is 1. The maximum Gasteiger partial charge on any atom is 0.0599 e. The van der Waals surface area contributed by atoms with Gasteiger partial charge in [0.25, 0.3) is 0 Å². The highest BCUT2D eigenvalue weighted by Gasteiger charge is 2.28. The van der Waals surface area contributed by atoms with E-state index in [0.29, 0.717) is 18.7 Å². The number of hydrogen-bond acceptors (Lipinski definition) is 3. The zero-order valence-electron chi connectivity index (χ0n) is 12.9. The lowest BCUT2D eigenvalue weighted by Crippen LogP contribution is -2.48. The van der Waals surface area contributed by atoms with E-state index in [1.165, 1.54) is 22.2 Å². The van der Waals surface area contributed by atoms with E-state index in [2.05, 4.69) is 41.1 Å². The Balaban J connectivity index is 1.83. The number of aromatic nitrogens is 1. The van der Waals surface area contributed by atoms with Gasteiger partial charge in [-0.1, -0.05) is 18.2 Å². The highest BCUT2D eigenvalue weighted by molar-refractivity contribution is 5.84. The molecular formula is C17H25N3O. The number of hydrogen-bond donors (Lipinski definition) is 2. The SMILES string of the molecule is COC1CCN(Cc2c(C)[nH]c3ccccc23)C(CN)C1. The molecule has 0 bridgehead atoms. The predicted octanol–water partition coefficient (Wildman–Crippen LogP) is 2.41. The normalized spacial score (nSPS) is 23.8. The van der Waals surface area contributed by atoms with Gasteiger partial charge in [0.1, 0.15) is 0 Å². The number of aryl methyl sites for hydroxylation is 1. The van der Waals surface area contributed by atoms with Gasteiger partial charge >= 0.3 is 0 Å². The number of H-pyrrole nitrogens is 1. The molecule has 0 aliphatic carbocycles. The van der Waals surface area contributed by atoms with Gasteiger partial charge < -0.3 is 15.5 Å². The summed E-state index contributed by atoms with van der Waals surface area (Å²) in [6.45, 7) is 4.88. The van der Waals surface area contributed by atoms with E-state index < -0.39 is 0 Å². The van der Waals surface area contributed by atoms with Crippen LogP contribution >= 0.6 is 0 Å². The van der Waals surface area contributed by atoms with E-state index >= 15 is 0 Å². The molecule has 0 spiro atoms. The summed E-state index contributed by atoms with van der Waals surface area (Å²) in [5, 5.41) is 1.33. The Hall–Kier alpha value is -1.36. The fourth-order valence-electron chi connectivity index (χ4n) is 3.47. The molecule has 3 rings (SSSR count). The van der Waals surface area contributed by atoms with E-state index in [1.54, 1.807) is 7.11 Å². The third-order valence-electron chi connectivity index (χ3n) is 4.78. The Labute approximate surface area is 126 Å². The van der Waals surface area contributed by atoms with Gasteiger partial charge in [-0.05, 0) is 31.4 Å². The van der Waals surface area contributed by atoms with Gasteiger partial charge in [0.05, 0.1) is 6.10 Å². The molecule has 4 nitrogen and oxygen atoms in total. The number of ether oxygens (including phenoxy) is 1. The van der Waals surface area contributed by atoms with Crippen molar-refractivity contribution in [2.45, 2.75) is 38.5 Å². The Morgan fingerprint density at radius 3 is 2.95 bits per heavy atom. The molecule has 1 aromatic heterocycles. The number of fused-ring (bicyclic) bond motifs is 1. The van der Waals surface area contributed by atoms with Crippen molar-refractivity contribution in [3.63, 3.8) is 0 Å². The first-order chi connectivity index (χ1) is 10.2. The lowest BCUT2D eigenvalue weighted by molar-refractivity contribution is 0.0103. The van der Waals surface area contributed by atoms with Gasteiger partial charge in [-0.15, -0.1) is 0 Å². The number of benzene rings is 1. The van der Waals surface area contributed by atoms with Crippen LogP contribution in [0.5, 0.6) is 0 Å². The number of piperidine rings is 1. The molecule has 1 aliphatic heterocycles. The number of nitrogens with one attached hydrogen (secondary N) is 1. The van der Waals surface area contributed by atoms with Crippen LogP contribution in [-0.4, -0.2) is 42.2 Å². The highest BCUT2D eigenvalue weighted by Crippen LogP contribution is 2.27. The van der Waals surface area contributed by atoms with Gasteiger partial charge in [-0.2, -0.15) is 0 Å². The molecular weight excluding hydrogens is 262 g/mol. The Morgan fingerprint density at radius 2 is 2.19 bits per heavy atom. The van der Waals surface area contributed by atoms with E-state index in [-0.39, 0.29) is 0 Å². The van der Waals surface area contributed by atoms with E-state index in [0.717, 1.165) is 25.9 Å². The van der Waals surface area contributed by atoms with Crippen LogP contribution in [0.2, 0.25) is 0 Å². The molecule has 1 aliphatic rings. The van der Waals surface area contributed by atoms with Crippen molar-refractivity contribution >= 4 is 10.9 Å². The zero-order chi connectivity index (χ0) is 14.8. The van der Waals surface area contributed by atoms with Crippen molar-refractivity contribution in [3.05, 3.63) is 35.5 Å². The third kappa shape index (κ3) is 2.84. The predicted molar refractivity (Wildman–Crippen MR) is 86.3 cm³/mol. The number of nitrogens with zero attached hydrogens (tertiary/aromatic N) is 1. The fourth-order valence-corrected chi connectivity index (χ4v) is 3.47. The number of para-hydroxylation sites is 1. The molecule has 0 radical (unpaired) electrons. The molecule has 2 atom stereocenters. The minimum atomic E-state index is 0.360. The highest BCUT2D eigenvalue weighted by atomic mass is 16.5. The quantitative estimate of drug-likeness (QED) is 0.908. The van der Waals surface area contributed by atoms with Crippen LogP contribution in [-0.2, 0) is 11.3 Å². The standard InChI is InChI=1S/C17H25N3O/c1-12-16(15-5-3-4-6-17(15)19-12)11-20-8-7-14(21-2)9-13(20)10-18/h3-6,13-14,19H,7-11,18H2,1-2H3. The van der Waals surface area contributed by atoms with Gasteiger partial charge in [-0.25, -0.2) is 0 Å². The Kier molecular flexibility index (Phi) is 4.29. The molecule has 1 saturated heterocycles. The van der Waals surface area contributed by atoms with E-state index in [9.17, 15) is 0 Å². The monoisotopic (exact) mass is 287 g/mol. The van der Waals surface area contributed by atoms with Crippen molar-refractivity contribution in [2.24, 2.45) is 5.73 Å². The lowest BCUT2D eigenvalue weighted by Gasteiger charge is -2.38. The van der Waals surface area contributed by atoms with Crippen molar-refractivity contribution in [1.29, 1.82) is 0 Å². The third-order valence-corrected chi connectivity index (χ3v) is 4.78. The second-order valence-corrected chi connectivity index (χ2v) is 6.02. The molecule has 2 heterocycles. The molecule has 2 aromatic rings. The average Bonchev–Trinajstić information content (AvgIpc) is 2.83. The number of rotatable bonds is 4. The van der Waals surface area contributed by atoms with Crippen molar-refractivity contribution in [3.8, 4) is 0 Å². The fraction of sp³-hybridized carbons (Fsp3) is 0.529. The van der Waals surface area contributed by atoms with Crippen LogP contribution in [0, 0.1) is 6.92 Å². The summed E-state index contributed by atoms with van der Waals surface area (Å²) < 4.78 is 5.51. The number of aromatic amines is 1. The summed E-state index contributed by atoms with van der Waals surface area (Å²) in [5.41, 5.74) is 9.88. The number of methoxy groups -OCH3 is 1. The molecule has 1 fully saturated rings. The van der Waals surface area contributed by atoms with Gasteiger partial charge in [0.15, 0.2) is 0 Å². The van der Waals surface area contributed by atoms with Crippen LogP contribution in [0.25, 0.3) is 10.9 Å². The molecule has 1 aromatic carbocycles. The molecule has 3 N–H and O–H groups in total. The maximum atomic E-state index is 5.99. The van der Waals surface area contributed by atoms with E-state index in [1.807, 2.05) is 0 Å². The summed E-state index contributed by atoms with van der Waals surface area (Å²) in [4.78, 5) is 6.00. The van der Waals surface area contributed by atoms with Crippen LogP contribution < -0.4 is 5.73 Å². The Bertz CT molecular complexity index is 607. The summed E-state index contributed by atoms with van der Waals surface area (Å²) >= 11 is 0. The second kappa shape index (κ2) is 6.18. The van der Waals surface area contributed by atoms with E-state index in [4.69, 9.17) is 10.5 Å². The van der Waals surface area contributed by atoms with Crippen molar-refractivity contribution in [2.75, 3.05) is 20.2 Å². The lowest BCUT2D eigenvalue weighted by atomic mass is 9.98. The first kappa shape index (κ1) is 14.6. The molecule has 0 amide bonds. The van der Waals surface area contributed by atoms with Crippen molar-refractivity contribution in [1.82, 2.24) is 9.88 Å². The molecule has 4 heteroatoms. The molecule has 114 valence electrons. The zero-order valence-corrected chi connectivity index (χ0v) is 12.9. The van der Waals surface area contributed by atoms with Gasteiger partial charge in [0.2, 0.25) is 0 Å². The topological polar surface area (TPSA) is 54.3 Å². The van der Waals surface area contributed by atoms with Crippen LogP contribution in [0.3, 0.4) is 0 Å². The summed E-state index contributed by atoms with van der Waals surface area (Å²) in [5.74, 6) is 0. The van der Waals surface area contributed by atoms with Crippen LogP contribution in [0.1, 0.15) is 24.1 Å². The summed E-state index contributed by atoms with van der Waals surface area (Å²) in [6.07, 6.45) is 2.49. The largest absolute Gasteiger partial charge is 0.381 e. The molecule has 2 unspecified atom stereocenters. The summed E-state index contributed by atoms with van der Waals surface area (Å²) in [6, 6.07) is 8.94. The molecule has 0 saturated carbocycles.